The van der Waals surface area contributed by atoms with Gasteiger partial charge in [0.05, 0.1) is 25.2 Å². The lowest BCUT2D eigenvalue weighted by atomic mass is 10.3. The summed E-state index contributed by atoms with van der Waals surface area (Å²) < 4.78 is 18.2. The Labute approximate surface area is 155 Å². The third-order valence-electron chi connectivity index (χ3n) is 3.40. The van der Waals surface area contributed by atoms with Gasteiger partial charge >= 0.3 is 0 Å². The number of anilines is 2. The van der Waals surface area contributed by atoms with Gasteiger partial charge in [-0.3, -0.25) is 14.5 Å². The van der Waals surface area contributed by atoms with Gasteiger partial charge in [0.15, 0.2) is 0 Å². The lowest BCUT2D eigenvalue weighted by Gasteiger charge is -2.16. The molecule has 0 saturated heterocycles. The average molecular weight is 380 g/mol. The summed E-state index contributed by atoms with van der Waals surface area (Å²) >= 11 is 5.67. The SMILES string of the molecule is COc1ccc(NC(=O)CN(C)CC(=O)Nc2ccc(F)c(Cl)c2)cc1. The minimum absolute atomic E-state index is 0.00890. The lowest BCUT2D eigenvalue weighted by molar-refractivity contribution is -0.119. The summed E-state index contributed by atoms with van der Waals surface area (Å²) in [7, 11) is 3.21. The summed E-state index contributed by atoms with van der Waals surface area (Å²) in [5, 5.41) is 5.26. The van der Waals surface area contributed by atoms with Crippen molar-refractivity contribution >= 4 is 34.8 Å². The minimum atomic E-state index is -0.558. The van der Waals surface area contributed by atoms with E-state index in [2.05, 4.69) is 10.6 Å². The average Bonchev–Trinajstić information content (AvgIpc) is 2.58. The van der Waals surface area contributed by atoms with Crippen molar-refractivity contribution < 1.29 is 18.7 Å². The van der Waals surface area contributed by atoms with E-state index in [1.54, 1.807) is 43.3 Å². The molecule has 2 amide bonds. The van der Waals surface area contributed by atoms with Gasteiger partial charge in [0.1, 0.15) is 11.6 Å². The zero-order valence-corrected chi connectivity index (χ0v) is 15.1. The van der Waals surface area contributed by atoms with E-state index in [4.69, 9.17) is 16.3 Å². The van der Waals surface area contributed by atoms with Crippen LogP contribution < -0.4 is 15.4 Å². The number of hydrogen-bond acceptors (Lipinski definition) is 4. The largest absolute Gasteiger partial charge is 0.497 e. The van der Waals surface area contributed by atoms with Crippen molar-refractivity contribution in [3.63, 3.8) is 0 Å². The predicted octanol–water partition coefficient (Wildman–Crippen LogP) is 3.00. The maximum atomic E-state index is 13.1. The number of ether oxygens (including phenoxy) is 1. The molecule has 0 aliphatic heterocycles. The molecule has 0 aliphatic carbocycles. The number of halogens is 2. The van der Waals surface area contributed by atoms with Crippen LogP contribution in [-0.4, -0.2) is 44.0 Å². The van der Waals surface area contributed by atoms with Gasteiger partial charge in [-0.25, -0.2) is 4.39 Å². The summed E-state index contributed by atoms with van der Waals surface area (Å²) in [5.41, 5.74) is 1.02. The third-order valence-corrected chi connectivity index (χ3v) is 3.69. The van der Waals surface area contributed by atoms with Crippen LogP contribution in [0.2, 0.25) is 5.02 Å². The third kappa shape index (κ3) is 6.02. The van der Waals surface area contributed by atoms with Crippen molar-refractivity contribution in [3.05, 3.63) is 53.3 Å². The van der Waals surface area contributed by atoms with Crippen LogP contribution in [0.15, 0.2) is 42.5 Å². The molecule has 2 aromatic rings. The molecule has 0 spiro atoms. The number of likely N-dealkylation sites (N-methyl/N-ethyl adjacent to an activating group) is 1. The van der Waals surface area contributed by atoms with Crippen LogP contribution in [0.3, 0.4) is 0 Å². The van der Waals surface area contributed by atoms with Gasteiger partial charge in [-0.15, -0.1) is 0 Å². The Morgan fingerprint density at radius 3 is 2.12 bits per heavy atom. The lowest BCUT2D eigenvalue weighted by Crippen LogP contribution is -2.36. The minimum Gasteiger partial charge on any atom is -0.497 e. The first-order valence-corrected chi connectivity index (χ1v) is 8.12. The van der Waals surface area contributed by atoms with Gasteiger partial charge in [0, 0.05) is 11.4 Å². The topological polar surface area (TPSA) is 70.7 Å². The first-order chi connectivity index (χ1) is 12.4. The predicted molar refractivity (Wildman–Crippen MR) is 99.2 cm³/mol. The van der Waals surface area contributed by atoms with Crippen LogP contribution in [0.25, 0.3) is 0 Å². The van der Waals surface area contributed by atoms with Gasteiger partial charge < -0.3 is 15.4 Å². The molecule has 0 fully saturated rings. The Morgan fingerprint density at radius 1 is 1.04 bits per heavy atom. The molecule has 0 aliphatic rings. The van der Waals surface area contributed by atoms with Gasteiger partial charge in [-0.05, 0) is 49.5 Å². The van der Waals surface area contributed by atoms with Crippen molar-refractivity contribution in [2.45, 2.75) is 0 Å². The summed E-state index contributed by atoms with van der Waals surface area (Å²) in [6.07, 6.45) is 0. The smallest absolute Gasteiger partial charge is 0.238 e. The van der Waals surface area contributed by atoms with E-state index >= 15 is 0 Å². The number of benzene rings is 2. The van der Waals surface area contributed by atoms with E-state index in [-0.39, 0.29) is 29.9 Å². The highest BCUT2D eigenvalue weighted by atomic mass is 35.5. The van der Waals surface area contributed by atoms with E-state index in [0.717, 1.165) is 0 Å². The number of hydrogen-bond donors (Lipinski definition) is 2. The second-order valence-electron chi connectivity index (χ2n) is 5.63. The van der Waals surface area contributed by atoms with Crippen molar-refractivity contribution in [3.8, 4) is 5.75 Å². The van der Waals surface area contributed by atoms with Crippen molar-refractivity contribution in [1.82, 2.24) is 4.90 Å². The van der Waals surface area contributed by atoms with Gasteiger partial charge in [0.25, 0.3) is 0 Å². The Kier molecular flexibility index (Phi) is 6.94. The van der Waals surface area contributed by atoms with Crippen LogP contribution in [0.4, 0.5) is 15.8 Å². The highest BCUT2D eigenvalue weighted by molar-refractivity contribution is 6.31. The number of nitrogens with one attached hydrogen (secondary N) is 2. The first kappa shape index (κ1) is 19.7. The van der Waals surface area contributed by atoms with Crippen molar-refractivity contribution in [2.24, 2.45) is 0 Å². The molecular weight excluding hydrogens is 361 g/mol. The van der Waals surface area contributed by atoms with E-state index < -0.39 is 5.82 Å². The van der Waals surface area contributed by atoms with Crippen molar-refractivity contribution in [1.29, 1.82) is 0 Å². The van der Waals surface area contributed by atoms with Crippen LogP contribution in [0.1, 0.15) is 0 Å². The summed E-state index contributed by atoms with van der Waals surface area (Å²) in [4.78, 5) is 25.6. The zero-order valence-electron chi connectivity index (χ0n) is 14.4. The second kappa shape index (κ2) is 9.17. The number of rotatable bonds is 7. The van der Waals surface area contributed by atoms with Crippen LogP contribution in [-0.2, 0) is 9.59 Å². The summed E-state index contributed by atoms with van der Waals surface area (Å²) in [6, 6.07) is 10.8. The number of methoxy groups -OCH3 is 1. The molecule has 0 radical (unpaired) electrons. The Bertz CT molecular complexity index is 784. The van der Waals surface area contributed by atoms with E-state index in [9.17, 15) is 14.0 Å². The Hall–Kier alpha value is -2.64. The fourth-order valence-electron chi connectivity index (χ4n) is 2.20. The quantitative estimate of drug-likeness (QED) is 0.775. The normalized spacial score (nSPS) is 10.5. The molecule has 2 rings (SSSR count). The second-order valence-corrected chi connectivity index (χ2v) is 6.03. The van der Waals surface area contributed by atoms with Crippen LogP contribution in [0.5, 0.6) is 5.75 Å². The zero-order chi connectivity index (χ0) is 19.1. The maximum Gasteiger partial charge on any atom is 0.238 e. The Balaban J connectivity index is 1.80. The highest BCUT2D eigenvalue weighted by Crippen LogP contribution is 2.19. The molecule has 0 aromatic heterocycles. The molecule has 8 heteroatoms. The molecular formula is C18H19ClFN3O3. The molecule has 2 aromatic carbocycles. The van der Waals surface area contributed by atoms with Gasteiger partial charge in [-0.1, -0.05) is 11.6 Å². The maximum absolute atomic E-state index is 13.1. The molecule has 6 nitrogen and oxygen atoms in total. The number of nitrogens with zero attached hydrogens (tertiary/aromatic N) is 1. The van der Waals surface area contributed by atoms with Gasteiger partial charge in [-0.2, -0.15) is 0 Å². The Morgan fingerprint density at radius 2 is 1.58 bits per heavy atom. The fourth-order valence-corrected chi connectivity index (χ4v) is 2.38. The van der Waals surface area contributed by atoms with Crippen LogP contribution >= 0.6 is 11.6 Å². The molecule has 0 bridgehead atoms. The first-order valence-electron chi connectivity index (χ1n) is 7.74. The summed E-state index contributed by atoms with van der Waals surface area (Å²) in [5.74, 6) is -0.461. The number of amides is 2. The standard InChI is InChI=1S/C18H19ClFN3O3/c1-23(10-17(24)21-12-3-6-14(26-2)7-4-12)11-18(25)22-13-5-8-16(20)15(19)9-13/h3-9H,10-11H2,1-2H3,(H,21,24)(H,22,25). The fraction of sp³-hybridized carbons (Fsp3) is 0.222. The molecule has 0 atom stereocenters. The molecule has 2 N–H and O–H groups in total. The molecule has 26 heavy (non-hydrogen) atoms. The van der Waals surface area contributed by atoms with Crippen LogP contribution in [0, 0.1) is 5.82 Å². The monoisotopic (exact) mass is 379 g/mol. The molecule has 0 heterocycles. The van der Waals surface area contributed by atoms with Crippen molar-refractivity contribution in [2.75, 3.05) is 37.9 Å². The molecule has 0 unspecified atom stereocenters. The molecule has 138 valence electrons. The van der Waals surface area contributed by atoms with E-state index in [1.165, 1.54) is 18.2 Å². The van der Waals surface area contributed by atoms with E-state index in [0.29, 0.717) is 17.1 Å². The highest BCUT2D eigenvalue weighted by Gasteiger charge is 2.12. The number of carbonyl (C=O) groups is 2. The number of carbonyl (C=O) groups excluding carboxylic acids is 2. The van der Waals surface area contributed by atoms with E-state index in [1.807, 2.05) is 0 Å². The summed E-state index contributed by atoms with van der Waals surface area (Å²) in [6.45, 7) is 0.0225. The molecule has 0 saturated carbocycles. The van der Waals surface area contributed by atoms with Gasteiger partial charge in [0.2, 0.25) is 11.8 Å².